The molecular formula is C30H32F4O2. The molecule has 0 bridgehead atoms. The average Bonchev–Trinajstić information content (AvgIpc) is 2.88. The molecule has 0 aliphatic heterocycles. The third kappa shape index (κ3) is 6.80. The monoisotopic (exact) mass is 500 g/mol. The van der Waals surface area contributed by atoms with Crippen LogP contribution < -0.4 is 9.47 Å². The zero-order valence-electron chi connectivity index (χ0n) is 20.4. The van der Waals surface area contributed by atoms with Crippen LogP contribution in [0.5, 0.6) is 11.5 Å². The number of benzene rings is 3. The molecule has 6 heteroatoms. The van der Waals surface area contributed by atoms with E-state index in [9.17, 15) is 8.78 Å². The Hall–Kier alpha value is -3.02. The first-order valence-corrected chi connectivity index (χ1v) is 12.6. The topological polar surface area (TPSA) is 18.5 Å². The van der Waals surface area contributed by atoms with E-state index < -0.39 is 12.7 Å². The minimum Gasteiger partial charge on any atom is -0.435 e. The van der Waals surface area contributed by atoms with E-state index in [-0.39, 0.29) is 17.1 Å². The van der Waals surface area contributed by atoms with Gasteiger partial charge < -0.3 is 9.47 Å². The second-order valence-electron chi connectivity index (χ2n) is 9.55. The van der Waals surface area contributed by atoms with E-state index in [4.69, 9.17) is 4.74 Å². The van der Waals surface area contributed by atoms with Crippen LogP contribution >= 0.6 is 0 Å². The highest BCUT2D eigenvalue weighted by atomic mass is 19.3. The van der Waals surface area contributed by atoms with Gasteiger partial charge in [0.2, 0.25) is 0 Å². The molecule has 0 spiro atoms. The number of aryl methyl sites for hydroxylation is 1. The Kier molecular flexibility index (Phi) is 8.55. The second kappa shape index (κ2) is 11.8. The predicted octanol–water partition coefficient (Wildman–Crippen LogP) is 9.23. The molecule has 1 aliphatic rings. The van der Waals surface area contributed by atoms with Gasteiger partial charge in [0.25, 0.3) is 0 Å². The van der Waals surface area contributed by atoms with Crippen molar-refractivity contribution in [2.75, 3.05) is 0 Å². The molecule has 0 radical (unpaired) electrons. The highest BCUT2D eigenvalue weighted by Gasteiger charge is 2.35. The van der Waals surface area contributed by atoms with Gasteiger partial charge in [-0.1, -0.05) is 81.5 Å². The molecule has 3 aromatic carbocycles. The van der Waals surface area contributed by atoms with Gasteiger partial charge in [-0.05, 0) is 66.1 Å². The molecule has 0 saturated heterocycles. The van der Waals surface area contributed by atoms with Crippen molar-refractivity contribution >= 4 is 0 Å². The lowest BCUT2D eigenvalue weighted by Crippen LogP contribution is -2.22. The maximum atomic E-state index is 15.1. The van der Waals surface area contributed by atoms with E-state index in [1.165, 1.54) is 74.6 Å². The summed E-state index contributed by atoms with van der Waals surface area (Å²) < 4.78 is 64.6. The normalized spacial score (nSPS) is 18.3. The summed E-state index contributed by atoms with van der Waals surface area (Å²) in [6.45, 7) is -0.673. The molecule has 36 heavy (non-hydrogen) atoms. The van der Waals surface area contributed by atoms with Crippen molar-refractivity contribution in [3.05, 3.63) is 83.9 Å². The standard InChI is InChI=1S/C30H32F4O2/c1-2-21-7-9-22(10-8-21)11-12-23-13-17-25(18-14-23)30(33,34)36-28-6-4-3-5-27(28)24-15-19-26(20-16-24)35-29(31)32/h3-6,13-22,29H,2,7-12H2,1H3. The molecule has 3 aromatic rings. The van der Waals surface area contributed by atoms with E-state index in [0.29, 0.717) is 11.1 Å². The molecule has 1 aliphatic carbocycles. The van der Waals surface area contributed by atoms with Crippen molar-refractivity contribution in [1.29, 1.82) is 0 Å². The van der Waals surface area contributed by atoms with Gasteiger partial charge >= 0.3 is 12.7 Å². The highest BCUT2D eigenvalue weighted by molar-refractivity contribution is 5.71. The third-order valence-corrected chi connectivity index (χ3v) is 7.19. The highest BCUT2D eigenvalue weighted by Crippen LogP contribution is 2.38. The van der Waals surface area contributed by atoms with E-state index in [2.05, 4.69) is 11.7 Å². The molecule has 0 heterocycles. The van der Waals surface area contributed by atoms with Crippen LogP contribution in [0, 0.1) is 11.8 Å². The molecule has 0 aromatic heterocycles. The molecule has 2 nitrogen and oxygen atoms in total. The van der Waals surface area contributed by atoms with Crippen molar-refractivity contribution in [3.8, 4) is 22.6 Å². The zero-order valence-corrected chi connectivity index (χ0v) is 20.4. The Morgan fingerprint density at radius 3 is 2.11 bits per heavy atom. The largest absolute Gasteiger partial charge is 0.435 e. The maximum Gasteiger partial charge on any atom is 0.426 e. The molecule has 1 saturated carbocycles. The Balaban J connectivity index is 1.40. The van der Waals surface area contributed by atoms with Gasteiger partial charge in [-0.15, -0.1) is 0 Å². The maximum absolute atomic E-state index is 15.1. The van der Waals surface area contributed by atoms with E-state index in [1.807, 2.05) is 0 Å². The fraction of sp³-hybridized carbons (Fsp3) is 0.400. The van der Waals surface area contributed by atoms with Gasteiger partial charge in [0, 0.05) is 5.56 Å². The molecule has 0 N–H and O–H groups in total. The van der Waals surface area contributed by atoms with Crippen LogP contribution in [0.25, 0.3) is 11.1 Å². The van der Waals surface area contributed by atoms with Crippen molar-refractivity contribution < 1.29 is 27.0 Å². The number of para-hydroxylation sites is 1. The van der Waals surface area contributed by atoms with Gasteiger partial charge in [-0.3, -0.25) is 0 Å². The average molecular weight is 501 g/mol. The van der Waals surface area contributed by atoms with Crippen LogP contribution in [0.3, 0.4) is 0 Å². The van der Waals surface area contributed by atoms with E-state index >= 15 is 8.78 Å². The smallest absolute Gasteiger partial charge is 0.426 e. The number of rotatable bonds is 10. The zero-order chi connectivity index (χ0) is 25.5. The minimum atomic E-state index is -3.54. The number of halogens is 4. The van der Waals surface area contributed by atoms with Crippen LogP contribution in [0.15, 0.2) is 72.8 Å². The van der Waals surface area contributed by atoms with Crippen LogP contribution in [0.1, 0.15) is 56.6 Å². The second-order valence-corrected chi connectivity index (χ2v) is 9.55. The Bertz CT molecular complexity index is 1090. The first-order chi connectivity index (χ1) is 17.3. The van der Waals surface area contributed by atoms with Gasteiger partial charge in [-0.25, -0.2) is 0 Å². The third-order valence-electron chi connectivity index (χ3n) is 7.19. The van der Waals surface area contributed by atoms with Crippen molar-refractivity contribution in [1.82, 2.24) is 0 Å². The summed E-state index contributed by atoms with van der Waals surface area (Å²) in [6.07, 6.45) is 4.86. The van der Waals surface area contributed by atoms with Gasteiger partial charge in [0.1, 0.15) is 11.5 Å². The Labute approximate surface area is 210 Å². The fourth-order valence-electron chi connectivity index (χ4n) is 4.97. The molecule has 0 amide bonds. The van der Waals surface area contributed by atoms with E-state index in [0.717, 1.165) is 30.2 Å². The lowest BCUT2D eigenvalue weighted by molar-refractivity contribution is -0.185. The van der Waals surface area contributed by atoms with Gasteiger partial charge in [0.15, 0.2) is 0 Å². The van der Waals surface area contributed by atoms with Crippen molar-refractivity contribution in [2.24, 2.45) is 11.8 Å². The van der Waals surface area contributed by atoms with Crippen molar-refractivity contribution in [2.45, 2.75) is 64.6 Å². The summed E-state index contributed by atoms with van der Waals surface area (Å²) in [5.74, 6) is 1.58. The summed E-state index contributed by atoms with van der Waals surface area (Å²) in [4.78, 5) is 0. The molecule has 0 unspecified atom stereocenters. The first kappa shape index (κ1) is 26.1. The van der Waals surface area contributed by atoms with Crippen molar-refractivity contribution in [3.63, 3.8) is 0 Å². The molecule has 192 valence electrons. The molecular weight excluding hydrogens is 468 g/mol. The molecule has 0 atom stereocenters. The Morgan fingerprint density at radius 1 is 0.833 bits per heavy atom. The van der Waals surface area contributed by atoms with E-state index in [1.54, 1.807) is 30.3 Å². The quantitative estimate of drug-likeness (QED) is 0.258. The number of hydrogen-bond donors (Lipinski definition) is 0. The number of ether oxygens (including phenoxy) is 2. The predicted molar refractivity (Wildman–Crippen MR) is 134 cm³/mol. The summed E-state index contributed by atoms with van der Waals surface area (Å²) in [6, 6.07) is 18.6. The molecule has 4 rings (SSSR count). The number of alkyl halides is 4. The summed E-state index contributed by atoms with van der Waals surface area (Å²) in [7, 11) is 0. The van der Waals surface area contributed by atoms with Crippen LogP contribution in [-0.4, -0.2) is 6.61 Å². The van der Waals surface area contributed by atoms with Gasteiger partial charge in [-0.2, -0.15) is 17.6 Å². The van der Waals surface area contributed by atoms with Crippen LogP contribution in [0.2, 0.25) is 0 Å². The van der Waals surface area contributed by atoms with Gasteiger partial charge in [0.05, 0.1) is 5.56 Å². The fourth-order valence-corrected chi connectivity index (χ4v) is 4.97. The first-order valence-electron chi connectivity index (χ1n) is 12.6. The Morgan fingerprint density at radius 2 is 1.47 bits per heavy atom. The minimum absolute atomic E-state index is 0.00298. The van der Waals surface area contributed by atoms with Crippen LogP contribution in [-0.2, 0) is 12.5 Å². The lowest BCUT2D eigenvalue weighted by atomic mass is 9.78. The summed E-state index contributed by atoms with van der Waals surface area (Å²) in [5, 5.41) is 0. The number of hydrogen-bond acceptors (Lipinski definition) is 2. The summed E-state index contributed by atoms with van der Waals surface area (Å²) >= 11 is 0. The van der Waals surface area contributed by atoms with Crippen LogP contribution in [0.4, 0.5) is 17.6 Å². The SMILES string of the molecule is CCC1CCC(CCc2ccc(C(F)(F)Oc3ccccc3-c3ccc(OC(F)F)cc3)cc2)CC1. The summed E-state index contributed by atoms with van der Waals surface area (Å²) in [5.41, 5.74) is 1.81. The lowest BCUT2D eigenvalue weighted by Gasteiger charge is -2.27. The molecule has 1 fully saturated rings.